The Morgan fingerprint density at radius 1 is 1.09 bits per heavy atom. The average Bonchev–Trinajstić information content (AvgIpc) is 2.58. The number of hydrogen-bond donors (Lipinski definition) is 1. The molecule has 0 fully saturated rings. The molecule has 0 unspecified atom stereocenters. The minimum atomic E-state index is -0.422. The SMILES string of the molecule is C[C@@H](c1ccccc1)N(CCO)C(=O)OCc1ccccc1. The van der Waals surface area contributed by atoms with E-state index in [1.807, 2.05) is 67.6 Å². The Bertz CT molecular complexity index is 571. The van der Waals surface area contributed by atoms with E-state index in [2.05, 4.69) is 0 Å². The van der Waals surface area contributed by atoms with Gasteiger partial charge in [-0.3, -0.25) is 4.90 Å². The fraction of sp³-hybridized carbons (Fsp3) is 0.278. The number of benzene rings is 2. The summed E-state index contributed by atoms with van der Waals surface area (Å²) in [4.78, 5) is 13.9. The van der Waals surface area contributed by atoms with Crippen LogP contribution in [0.15, 0.2) is 60.7 Å². The Morgan fingerprint density at radius 3 is 2.27 bits per heavy atom. The van der Waals surface area contributed by atoms with Gasteiger partial charge in [0, 0.05) is 6.54 Å². The zero-order valence-electron chi connectivity index (χ0n) is 12.7. The molecule has 0 aliphatic heterocycles. The first-order valence-electron chi connectivity index (χ1n) is 7.35. The maximum atomic E-state index is 12.3. The molecular formula is C18H21NO3. The van der Waals surface area contributed by atoms with E-state index in [0.29, 0.717) is 0 Å². The maximum Gasteiger partial charge on any atom is 0.410 e. The lowest BCUT2D eigenvalue weighted by atomic mass is 10.1. The lowest BCUT2D eigenvalue weighted by Crippen LogP contribution is -2.36. The molecule has 0 aromatic heterocycles. The molecule has 22 heavy (non-hydrogen) atoms. The van der Waals surface area contributed by atoms with Crippen molar-refractivity contribution in [3.05, 3.63) is 71.8 Å². The number of amides is 1. The second-order valence-corrected chi connectivity index (χ2v) is 5.04. The summed E-state index contributed by atoms with van der Waals surface area (Å²) in [7, 11) is 0. The van der Waals surface area contributed by atoms with Crippen molar-refractivity contribution in [1.82, 2.24) is 4.90 Å². The topological polar surface area (TPSA) is 49.8 Å². The highest BCUT2D eigenvalue weighted by Gasteiger charge is 2.22. The van der Waals surface area contributed by atoms with Gasteiger partial charge >= 0.3 is 6.09 Å². The van der Waals surface area contributed by atoms with Gasteiger partial charge in [-0.2, -0.15) is 0 Å². The molecule has 1 atom stereocenters. The van der Waals surface area contributed by atoms with Crippen LogP contribution in [0.25, 0.3) is 0 Å². The van der Waals surface area contributed by atoms with Gasteiger partial charge < -0.3 is 9.84 Å². The third kappa shape index (κ3) is 4.33. The van der Waals surface area contributed by atoms with Gasteiger partial charge in [0.05, 0.1) is 12.6 Å². The smallest absolute Gasteiger partial charge is 0.410 e. The summed E-state index contributed by atoms with van der Waals surface area (Å²) in [5, 5.41) is 9.22. The molecule has 0 spiro atoms. The highest BCUT2D eigenvalue weighted by Crippen LogP contribution is 2.20. The van der Waals surface area contributed by atoms with Crippen molar-refractivity contribution in [1.29, 1.82) is 0 Å². The Kier molecular flexibility index (Phi) is 5.98. The number of ether oxygens (including phenoxy) is 1. The summed E-state index contributed by atoms with van der Waals surface area (Å²) in [6.45, 7) is 2.29. The summed E-state index contributed by atoms with van der Waals surface area (Å²) in [6.07, 6.45) is -0.422. The summed E-state index contributed by atoms with van der Waals surface area (Å²) in [6, 6.07) is 19.1. The summed E-state index contributed by atoms with van der Waals surface area (Å²) in [5.74, 6) is 0. The molecule has 0 saturated carbocycles. The molecule has 0 radical (unpaired) electrons. The van der Waals surface area contributed by atoms with Crippen LogP contribution >= 0.6 is 0 Å². The number of carbonyl (C=O) groups is 1. The van der Waals surface area contributed by atoms with Gasteiger partial charge in [0.1, 0.15) is 6.61 Å². The van der Waals surface area contributed by atoms with Crippen LogP contribution in [0.2, 0.25) is 0 Å². The number of rotatable bonds is 6. The van der Waals surface area contributed by atoms with Gasteiger partial charge in [-0.15, -0.1) is 0 Å². The van der Waals surface area contributed by atoms with Crippen molar-refractivity contribution in [3.8, 4) is 0 Å². The lowest BCUT2D eigenvalue weighted by molar-refractivity contribution is 0.0744. The van der Waals surface area contributed by atoms with E-state index in [-0.39, 0.29) is 25.8 Å². The van der Waals surface area contributed by atoms with Crippen molar-refractivity contribution in [2.75, 3.05) is 13.2 Å². The fourth-order valence-electron chi connectivity index (χ4n) is 2.26. The number of aliphatic hydroxyl groups is 1. The largest absolute Gasteiger partial charge is 0.445 e. The molecule has 2 aromatic carbocycles. The Hall–Kier alpha value is -2.33. The summed E-state index contributed by atoms with van der Waals surface area (Å²) in [5.41, 5.74) is 1.94. The van der Waals surface area contributed by atoms with Crippen molar-refractivity contribution < 1.29 is 14.6 Å². The van der Waals surface area contributed by atoms with Crippen LogP contribution in [0.5, 0.6) is 0 Å². The van der Waals surface area contributed by atoms with E-state index in [1.54, 1.807) is 0 Å². The van der Waals surface area contributed by atoms with E-state index in [1.165, 1.54) is 4.90 Å². The van der Waals surface area contributed by atoms with E-state index in [9.17, 15) is 9.90 Å². The van der Waals surface area contributed by atoms with Crippen LogP contribution in [0, 0.1) is 0 Å². The first-order chi connectivity index (χ1) is 10.7. The van der Waals surface area contributed by atoms with Crippen LogP contribution in [0.3, 0.4) is 0 Å². The van der Waals surface area contributed by atoms with Crippen molar-refractivity contribution in [2.24, 2.45) is 0 Å². The standard InChI is InChI=1S/C18H21NO3/c1-15(17-10-6-3-7-11-17)19(12-13-20)18(21)22-14-16-8-4-2-5-9-16/h2-11,15,20H,12-14H2,1H3/t15-/m0/s1. The monoisotopic (exact) mass is 299 g/mol. The fourth-order valence-corrected chi connectivity index (χ4v) is 2.26. The molecule has 116 valence electrons. The third-order valence-electron chi connectivity index (χ3n) is 3.53. The zero-order chi connectivity index (χ0) is 15.8. The van der Waals surface area contributed by atoms with Crippen molar-refractivity contribution in [2.45, 2.75) is 19.6 Å². The highest BCUT2D eigenvalue weighted by atomic mass is 16.6. The third-order valence-corrected chi connectivity index (χ3v) is 3.53. The highest BCUT2D eigenvalue weighted by molar-refractivity contribution is 5.68. The molecule has 0 heterocycles. The van der Waals surface area contributed by atoms with Crippen LogP contribution in [0.4, 0.5) is 4.79 Å². The molecule has 1 N–H and O–H groups in total. The Labute approximate surface area is 131 Å². The molecule has 0 aliphatic carbocycles. The zero-order valence-corrected chi connectivity index (χ0v) is 12.7. The van der Waals surface area contributed by atoms with Gasteiger partial charge in [-0.05, 0) is 18.1 Å². The van der Waals surface area contributed by atoms with Crippen LogP contribution < -0.4 is 0 Å². The van der Waals surface area contributed by atoms with Gasteiger partial charge in [0.15, 0.2) is 0 Å². The van der Waals surface area contributed by atoms with E-state index in [4.69, 9.17) is 4.74 Å². The van der Waals surface area contributed by atoms with Gasteiger partial charge in [0.25, 0.3) is 0 Å². The van der Waals surface area contributed by atoms with Gasteiger partial charge in [-0.25, -0.2) is 4.79 Å². The minimum Gasteiger partial charge on any atom is -0.445 e. The molecular weight excluding hydrogens is 278 g/mol. The first kappa shape index (κ1) is 16.0. The van der Waals surface area contributed by atoms with E-state index < -0.39 is 6.09 Å². The lowest BCUT2D eigenvalue weighted by Gasteiger charge is -2.28. The van der Waals surface area contributed by atoms with Crippen molar-refractivity contribution >= 4 is 6.09 Å². The second kappa shape index (κ2) is 8.20. The predicted molar refractivity (Wildman–Crippen MR) is 85.3 cm³/mol. The summed E-state index contributed by atoms with van der Waals surface area (Å²) >= 11 is 0. The quantitative estimate of drug-likeness (QED) is 0.889. The average molecular weight is 299 g/mol. The van der Waals surface area contributed by atoms with Crippen LogP contribution in [-0.2, 0) is 11.3 Å². The molecule has 4 nitrogen and oxygen atoms in total. The van der Waals surface area contributed by atoms with Gasteiger partial charge in [0.2, 0.25) is 0 Å². The normalized spacial score (nSPS) is 11.7. The maximum absolute atomic E-state index is 12.3. The second-order valence-electron chi connectivity index (χ2n) is 5.04. The number of hydrogen-bond acceptors (Lipinski definition) is 3. The number of nitrogens with zero attached hydrogens (tertiary/aromatic N) is 1. The van der Waals surface area contributed by atoms with Crippen molar-refractivity contribution in [3.63, 3.8) is 0 Å². The molecule has 1 amide bonds. The minimum absolute atomic E-state index is 0.0996. The summed E-state index contributed by atoms with van der Waals surface area (Å²) < 4.78 is 5.36. The molecule has 2 rings (SSSR count). The van der Waals surface area contributed by atoms with E-state index >= 15 is 0 Å². The van der Waals surface area contributed by atoms with Gasteiger partial charge in [-0.1, -0.05) is 60.7 Å². The van der Waals surface area contributed by atoms with E-state index in [0.717, 1.165) is 11.1 Å². The molecule has 4 heteroatoms. The molecule has 2 aromatic rings. The molecule has 0 bridgehead atoms. The predicted octanol–water partition coefficient (Wildman–Crippen LogP) is 3.38. The number of aliphatic hydroxyl groups excluding tert-OH is 1. The first-order valence-corrected chi connectivity index (χ1v) is 7.35. The van der Waals surface area contributed by atoms with Crippen LogP contribution in [0.1, 0.15) is 24.1 Å². The Morgan fingerprint density at radius 2 is 1.68 bits per heavy atom. The molecule has 0 saturated heterocycles. The molecule has 0 aliphatic rings. The van der Waals surface area contributed by atoms with Crippen LogP contribution in [-0.4, -0.2) is 29.3 Å². The number of carbonyl (C=O) groups excluding carboxylic acids is 1. The Balaban J connectivity index is 2.02.